The van der Waals surface area contributed by atoms with Gasteiger partial charge in [-0.2, -0.15) is 0 Å². The van der Waals surface area contributed by atoms with Gasteiger partial charge in [0, 0.05) is 19.5 Å². The molecule has 0 aliphatic carbocycles. The van der Waals surface area contributed by atoms with Gasteiger partial charge in [0.15, 0.2) is 0 Å². The third-order valence-corrected chi connectivity index (χ3v) is 9.89. The van der Waals surface area contributed by atoms with Crippen molar-refractivity contribution < 1.29 is 22.7 Å². The Bertz CT molecular complexity index is 1730. The summed E-state index contributed by atoms with van der Waals surface area (Å²) in [6.07, 6.45) is 2.52. The van der Waals surface area contributed by atoms with Crippen molar-refractivity contribution >= 4 is 27.5 Å². The van der Waals surface area contributed by atoms with Crippen LogP contribution in [0.15, 0.2) is 108 Å². The summed E-state index contributed by atoms with van der Waals surface area (Å²) in [7, 11) is -2.60. The van der Waals surface area contributed by atoms with Crippen molar-refractivity contribution in [3.05, 3.63) is 125 Å². The fourth-order valence-corrected chi connectivity index (χ4v) is 6.88. The second-order valence-corrected chi connectivity index (χ2v) is 13.4. The lowest BCUT2D eigenvalue weighted by atomic mass is 10.0. The zero-order valence-corrected chi connectivity index (χ0v) is 28.5. The van der Waals surface area contributed by atoms with E-state index >= 15 is 0 Å². The number of para-hydroxylation sites is 1. The van der Waals surface area contributed by atoms with Crippen LogP contribution in [0.4, 0.5) is 5.69 Å². The predicted octanol–water partition coefficient (Wildman–Crippen LogP) is 6.32. The Morgan fingerprint density at radius 1 is 0.851 bits per heavy atom. The number of carbonyl (C=O) groups excluding carboxylic acids is 2. The zero-order chi connectivity index (χ0) is 33.8. The number of unbranched alkanes of at least 4 members (excludes halogenated alkanes) is 1. The lowest BCUT2D eigenvalue weighted by Gasteiger charge is -2.34. The Morgan fingerprint density at radius 3 is 2.21 bits per heavy atom. The minimum atomic E-state index is -4.17. The fraction of sp³-hybridized carbons (Fsp3) is 0.316. The average Bonchev–Trinajstić information content (AvgIpc) is 3.09. The van der Waals surface area contributed by atoms with Crippen LogP contribution >= 0.6 is 0 Å². The van der Waals surface area contributed by atoms with E-state index in [0.717, 1.165) is 35.1 Å². The van der Waals surface area contributed by atoms with Crippen LogP contribution in [0, 0.1) is 6.92 Å². The van der Waals surface area contributed by atoms with Gasteiger partial charge in [0.2, 0.25) is 11.8 Å². The van der Waals surface area contributed by atoms with E-state index in [-0.39, 0.29) is 23.8 Å². The largest absolute Gasteiger partial charge is 0.497 e. The first-order chi connectivity index (χ1) is 22.7. The minimum Gasteiger partial charge on any atom is -0.497 e. The second kappa shape index (κ2) is 16.8. The van der Waals surface area contributed by atoms with E-state index in [0.29, 0.717) is 24.4 Å². The van der Waals surface area contributed by atoms with Gasteiger partial charge in [-0.3, -0.25) is 13.9 Å². The van der Waals surface area contributed by atoms with Crippen molar-refractivity contribution in [1.82, 2.24) is 10.2 Å². The number of hydrogen-bond acceptors (Lipinski definition) is 5. The standard InChI is InChI=1S/C38H45N3O5S/c1-5-7-24-39-38(43)36(26-30-14-9-8-10-15-30)40(27-31-16-13-18-33(25-31)46-4)37(42)28-41(35-19-12-11-17-32(35)6-2)47(44,45)34-22-20-29(3)21-23-34/h8-23,25,36H,5-7,24,26-28H2,1-4H3,(H,39,43)/t36-/m1/s1. The average molecular weight is 656 g/mol. The Labute approximate surface area is 279 Å². The molecule has 0 saturated carbocycles. The summed E-state index contributed by atoms with van der Waals surface area (Å²) in [6, 6.07) is 29.8. The van der Waals surface area contributed by atoms with Gasteiger partial charge in [-0.15, -0.1) is 0 Å². The minimum absolute atomic E-state index is 0.0720. The number of methoxy groups -OCH3 is 1. The molecule has 1 N–H and O–H groups in total. The second-order valence-electron chi connectivity index (χ2n) is 11.5. The molecule has 0 spiro atoms. The molecule has 2 amide bonds. The molecular formula is C38H45N3O5S. The molecule has 1 atom stereocenters. The normalized spacial score (nSPS) is 11.8. The van der Waals surface area contributed by atoms with Crippen LogP contribution in [0.1, 0.15) is 48.9 Å². The van der Waals surface area contributed by atoms with Crippen molar-refractivity contribution in [3.63, 3.8) is 0 Å². The van der Waals surface area contributed by atoms with Crippen molar-refractivity contribution in [2.75, 3.05) is 24.5 Å². The van der Waals surface area contributed by atoms with Crippen LogP contribution in [-0.4, -0.2) is 51.4 Å². The van der Waals surface area contributed by atoms with E-state index in [2.05, 4.69) is 5.32 Å². The first-order valence-corrected chi connectivity index (χ1v) is 17.5. The van der Waals surface area contributed by atoms with E-state index in [1.807, 2.05) is 87.5 Å². The quantitative estimate of drug-likeness (QED) is 0.143. The maximum absolute atomic E-state index is 14.7. The molecule has 0 unspecified atom stereocenters. The third-order valence-electron chi connectivity index (χ3n) is 8.12. The topological polar surface area (TPSA) is 96.0 Å². The van der Waals surface area contributed by atoms with E-state index in [9.17, 15) is 18.0 Å². The molecule has 8 nitrogen and oxygen atoms in total. The van der Waals surface area contributed by atoms with Crippen molar-refractivity contribution in [3.8, 4) is 5.75 Å². The monoisotopic (exact) mass is 655 g/mol. The molecule has 0 bridgehead atoms. The molecule has 0 fully saturated rings. The van der Waals surface area contributed by atoms with Crippen LogP contribution in [0.5, 0.6) is 5.75 Å². The molecule has 0 aromatic heterocycles. The van der Waals surface area contributed by atoms with Crippen LogP contribution in [0.25, 0.3) is 0 Å². The highest BCUT2D eigenvalue weighted by Crippen LogP contribution is 2.29. The lowest BCUT2D eigenvalue weighted by Crippen LogP contribution is -2.53. The van der Waals surface area contributed by atoms with Gasteiger partial charge in [-0.25, -0.2) is 8.42 Å². The van der Waals surface area contributed by atoms with Crippen molar-refractivity contribution in [1.29, 1.82) is 0 Å². The summed E-state index contributed by atoms with van der Waals surface area (Å²) < 4.78 is 35.3. The fourth-order valence-electron chi connectivity index (χ4n) is 5.43. The van der Waals surface area contributed by atoms with Gasteiger partial charge in [0.05, 0.1) is 17.7 Å². The molecule has 47 heavy (non-hydrogen) atoms. The van der Waals surface area contributed by atoms with Gasteiger partial charge >= 0.3 is 0 Å². The van der Waals surface area contributed by atoms with Gasteiger partial charge in [0.25, 0.3) is 10.0 Å². The third kappa shape index (κ3) is 9.23. The molecule has 9 heteroatoms. The van der Waals surface area contributed by atoms with Crippen LogP contribution in [-0.2, 0) is 39.0 Å². The Kier molecular flexibility index (Phi) is 12.6. The molecule has 4 aromatic carbocycles. The molecule has 4 rings (SSSR count). The number of hydrogen-bond donors (Lipinski definition) is 1. The summed E-state index contributed by atoms with van der Waals surface area (Å²) >= 11 is 0. The summed E-state index contributed by atoms with van der Waals surface area (Å²) in [4.78, 5) is 30.2. The van der Waals surface area contributed by atoms with Crippen LogP contribution < -0.4 is 14.4 Å². The summed E-state index contributed by atoms with van der Waals surface area (Å²) in [6.45, 7) is 5.93. The summed E-state index contributed by atoms with van der Waals surface area (Å²) in [5.74, 6) is -0.177. The van der Waals surface area contributed by atoms with Crippen molar-refractivity contribution in [2.45, 2.75) is 63.9 Å². The number of carbonyl (C=O) groups is 2. The van der Waals surface area contributed by atoms with E-state index in [4.69, 9.17) is 4.74 Å². The number of amides is 2. The van der Waals surface area contributed by atoms with Gasteiger partial charge < -0.3 is 15.0 Å². The number of sulfonamides is 1. The first-order valence-electron chi connectivity index (χ1n) is 16.1. The summed E-state index contributed by atoms with van der Waals surface area (Å²) in [5.41, 5.74) is 3.76. The molecule has 4 aromatic rings. The zero-order valence-electron chi connectivity index (χ0n) is 27.7. The molecule has 0 aliphatic heterocycles. The number of aryl methyl sites for hydroxylation is 2. The number of nitrogens with zero attached hydrogens (tertiary/aromatic N) is 2. The van der Waals surface area contributed by atoms with Crippen LogP contribution in [0.3, 0.4) is 0 Å². The highest BCUT2D eigenvalue weighted by Gasteiger charge is 2.35. The smallest absolute Gasteiger partial charge is 0.264 e. The predicted molar refractivity (Wildman–Crippen MR) is 187 cm³/mol. The lowest BCUT2D eigenvalue weighted by molar-refractivity contribution is -0.140. The maximum atomic E-state index is 14.7. The van der Waals surface area contributed by atoms with Crippen LogP contribution in [0.2, 0.25) is 0 Å². The molecular weight excluding hydrogens is 611 g/mol. The van der Waals surface area contributed by atoms with E-state index < -0.39 is 28.5 Å². The number of rotatable bonds is 16. The van der Waals surface area contributed by atoms with Gasteiger partial charge in [-0.1, -0.05) is 98.6 Å². The SMILES string of the molecule is CCCCNC(=O)[C@@H](Cc1ccccc1)N(Cc1cccc(OC)c1)C(=O)CN(c1ccccc1CC)S(=O)(=O)c1ccc(C)cc1. The Hall–Kier alpha value is -4.63. The highest BCUT2D eigenvalue weighted by molar-refractivity contribution is 7.92. The molecule has 0 heterocycles. The Balaban J connectivity index is 1.82. The van der Waals surface area contributed by atoms with E-state index in [1.165, 1.54) is 9.21 Å². The molecule has 0 radical (unpaired) electrons. The van der Waals surface area contributed by atoms with Crippen molar-refractivity contribution in [2.24, 2.45) is 0 Å². The molecule has 0 aliphatic rings. The van der Waals surface area contributed by atoms with Gasteiger partial charge in [0.1, 0.15) is 18.3 Å². The number of anilines is 1. The highest BCUT2D eigenvalue weighted by atomic mass is 32.2. The number of ether oxygens (including phenoxy) is 1. The van der Waals surface area contributed by atoms with E-state index in [1.54, 1.807) is 43.5 Å². The Morgan fingerprint density at radius 2 is 1.53 bits per heavy atom. The number of benzene rings is 4. The first kappa shape index (κ1) is 35.2. The molecule has 248 valence electrons. The van der Waals surface area contributed by atoms with Gasteiger partial charge in [-0.05, 0) is 66.8 Å². The maximum Gasteiger partial charge on any atom is 0.264 e. The summed E-state index contributed by atoms with van der Waals surface area (Å²) in [5, 5.41) is 3.02. The molecule has 0 saturated heterocycles. The number of nitrogens with one attached hydrogen (secondary N) is 1.